The highest BCUT2D eigenvalue weighted by Gasteiger charge is 2.13. The summed E-state index contributed by atoms with van der Waals surface area (Å²) in [5.74, 6) is 0.254. The van der Waals surface area contributed by atoms with E-state index < -0.39 is 0 Å². The van der Waals surface area contributed by atoms with Gasteiger partial charge in [-0.2, -0.15) is 10.2 Å². The Balaban J connectivity index is 1.43. The van der Waals surface area contributed by atoms with Gasteiger partial charge in [0, 0.05) is 24.3 Å². The van der Waals surface area contributed by atoms with E-state index in [9.17, 15) is 4.79 Å². The largest absolute Gasteiger partial charge is 0.470 e. The summed E-state index contributed by atoms with van der Waals surface area (Å²) >= 11 is 6.10. The SMILES string of the molecule is O=C(Nc1cccc(Cn2cccn2)c1)c1ccnn1COc1ccccc1Cl. The van der Waals surface area contributed by atoms with Crippen LogP contribution in [-0.4, -0.2) is 25.5 Å². The second-order valence-corrected chi connectivity index (χ2v) is 6.69. The summed E-state index contributed by atoms with van der Waals surface area (Å²) in [5.41, 5.74) is 2.11. The zero-order valence-electron chi connectivity index (χ0n) is 15.4. The number of carbonyl (C=O) groups is 1. The van der Waals surface area contributed by atoms with Crippen LogP contribution in [0.3, 0.4) is 0 Å². The number of aromatic nitrogens is 4. The lowest BCUT2D eigenvalue weighted by Crippen LogP contribution is -2.19. The lowest BCUT2D eigenvalue weighted by molar-refractivity contribution is 0.100. The van der Waals surface area contributed by atoms with Gasteiger partial charge in [-0.25, -0.2) is 4.68 Å². The summed E-state index contributed by atoms with van der Waals surface area (Å²) in [7, 11) is 0. The van der Waals surface area contributed by atoms with Gasteiger partial charge >= 0.3 is 0 Å². The van der Waals surface area contributed by atoms with Gasteiger partial charge in [0.2, 0.25) is 0 Å². The van der Waals surface area contributed by atoms with Crippen molar-refractivity contribution in [2.75, 3.05) is 5.32 Å². The summed E-state index contributed by atoms with van der Waals surface area (Å²) in [6.45, 7) is 0.694. The van der Waals surface area contributed by atoms with Crippen molar-refractivity contribution < 1.29 is 9.53 Å². The maximum absolute atomic E-state index is 12.7. The molecule has 4 rings (SSSR count). The monoisotopic (exact) mass is 407 g/mol. The van der Waals surface area contributed by atoms with Crippen molar-refractivity contribution in [2.45, 2.75) is 13.3 Å². The van der Waals surface area contributed by atoms with Crippen LogP contribution in [0, 0.1) is 0 Å². The Labute approximate surface area is 172 Å². The molecule has 0 bridgehead atoms. The molecule has 2 heterocycles. The molecule has 0 fully saturated rings. The minimum absolute atomic E-state index is 0.0683. The second kappa shape index (κ2) is 8.62. The summed E-state index contributed by atoms with van der Waals surface area (Å²) < 4.78 is 8.98. The van der Waals surface area contributed by atoms with Gasteiger partial charge in [0.1, 0.15) is 11.4 Å². The lowest BCUT2D eigenvalue weighted by Gasteiger charge is -2.11. The molecule has 0 aliphatic rings. The smallest absolute Gasteiger partial charge is 0.274 e. The first kappa shape index (κ1) is 18.8. The highest BCUT2D eigenvalue weighted by atomic mass is 35.5. The Kier molecular flexibility index (Phi) is 5.58. The average Bonchev–Trinajstić information content (AvgIpc) is 3.39. The van der Waals surface area contributed by atoms with E-state index in [1.807, 2.05) is 53.3 Å². The molecule has 7 nitrogen and oxygen atoms in total. The van der Waals surface area contributed by atoms with Gasteiger partial charge in [-0.3, -0.25) is 9.48 Å². The molecule has 0 saturated carbocycles. The van der Waals surface area contributed by atoms with Gasteiger partial charge in [-0.05, 0) is 42.0 Å². The molecule has 0 radical (unpaired) electrons. The number of benzene rings is 2. The van der Waals surface area contributed by atoms with E-state index in [0.29, 0.717) is 28.7 Å². The molecule has 0 aliphatic heterocycles. The Bertz CT molecular complexity index is 1110. The van der Waals surface area contributed by atoms with E-state index in [0.717, 1.165) is 5.56 Å². The zero-order valence-corrected chi connectivity index (χ0v) is 16.2. The van der Waals surface area contributed by atoms with Gasteiger partial charge in [-0.15, -0.1) is 0 Å². The molecule has 1 amide bonds. The predicted octanol–water partition coefficient (Wildman–Crippen LogP) is 4.07. The normalized spacial score (nSPS) is 10.7. The quantitative estimate of drug-likeness (QED) is 0.501. The number of hydrogen-bond acceptors (Lipinski definition) is 4. The number of amides is 1. The molecule has 2 aromatic carbocycles. The molecule has 8 heteroatoms. The van der Waals surface area contributed by atoms with Gasteiger partial charge in [0.25, 0.3) is 5.91 Å². The van der Waals surface area contributed by atoms with Gasteiger partial charge in [0.05, 0.1) is 11.6 Å². The van der Waals surface area contributed by atoms with Crippen LogP contribution >= 0.6 is 11.6 Å². The first-order valence-corrected chi connectivity index (χ1v) is 9.34. The fraction of sp³-hybridized carbons (Fsp3) is 0.0952. The molecule has 4 aromatic rings. The molecule has 146 valence electrons. The summed E-state index contributed by atoms with van der Waals surface area (Å²) in [5, 5.41) is 11.8. The van der Waals surface area contributed by atoms with Crippen molar-refractivity contribution in [2.24, 2.45) is 0 Å². The summed E-state index contributed by atoms with van der Waals surface area (Å²) in [4.78, 5) is 12.7. The maximum Gasteiger partial charge on any atom is 0.274 e. The van der Waals surface area contributed by atoms with E-state index in [-0.39, 0.29) is 12.6 Å². The van der Waals surface area contributed by atoms with Gasteiger partial charge < -0.3 is 10.1 Å². The average molecular weight is 408 g/mol. The standard InChI is InChI=1S/C21H18ClN5O2/c22-18-7-1-2-8-20(18)29-15-27-19(9-11-24-27)21(28)25-17-6-3-5-16(13-17)14-26-12-4-10-23-26/h1-13H,14-15H2,(H,25,28). The maximum atomic E-state index is 12.7. The predicted molar refractivity (Wildman–Crippen MR) is 110 cm³/mol. The molecule has 29 heavy (non-hydrogen) atoms. The van der Waals surface area contributed by atoms with Gasteiger partial charge in [0.15, 0.2) is 6.73 Å². The van der Waals surface area contributed by atoms with E-state index in [1.165, 1.54) is 4.68 Å². The zero-order chi connectivity index (χ0) is 20.1. The second-order valence-electron chi connectivity index (χ2n) is 6.28. The van der Waals surface area contributed by atoms with Crippen LogP contribution in [-0.2, 0) is 13.3 Å². The van der Waals surface area contributed by atoms with Crippen molar-refractivity contribution in [1.29, 1.82) is 0 Å². The minimum atomic E-state index is -0.276. The molecule has 0 saturated heterocycles. The number of halogens is 1. The number of para-hydroxylation sites is 1. The third kappa shape index (κ3) is 4.64. The number of nitrogens with one attached hydrogen (secondary N) is 1. The summed E-state index contributed by atoms with van der Waals surface area (Å²) in [6, 6.07) is 18.3. The molecular weight excluding hydrogens is 390 g/mol. The van der Waals surface area contributed by atoms with Crippen molar-refractivity contribution in [3.05, 3.63) is 95.5 Å². The van der Waals surface area contributed by atoms with E-state index in [4.69, 9.17) is 16.3 Å². The van der Waals surface area contributed by atoms with Crippen LogP contribution in [0.5, 0.6) is 5.75 Å². The molecule has 0 atom stereocenters. The number of anilines is 1. The Morgan fingerprint density at radius 3 is 2.76 bits per heavy atom. The number of nitrogens with zero attached hydrogens (tertiary/aromatic N) is 4. The fourth-order valence-electron chi connectivity index (χ4n) is 2.84. The molecule has 2 aromatic heterocycles. The highest BCUT2D eigenvalue weighted by molar-refractivity contribution is 6.32. The van der Waals surface area contributed by atoms with Crippen LogP contribution < -0.4 is 10.1 Å². The fourth-order valence-corrected chi connectivity index (χ4v) is 3.03. The Morgan fingerprint density at radius 2 is 1.93 bits per heavy atom. The van der Waals surface area contributed by atoms with Crippen LogP contribution in [0.25, 0.3) is 0 Å². The molecule has 0 aliphatic carbocycles. The van der Waals surface area contributed by atoms with Gasteiger partial charge in [-0.1, -0.05) is 35.9 Å². The van der Waals surface area contributed by atoms with E-state index in [2.05, 4.69) is 15.5 Å². The number of rotatable bonds is 7. The Morgan fingerprint density at radius 1 is 1.03 bits per heavy atom. The summed E-state index contributed by atoms with van der Waals surface area (Å²) in [6.07, 6.45) is 5.18. The first-order valence-electron chi connectivity index (χ1n) is 8.96. The molecule has 1 N–H and O–H groups in total. The lowest BCUT2D eigenvalue weighted by atomic mass is 10.2. The van der Waals surface area contributed by atoms with Crippen molar-refractivity contribution >= 4 is 23.2 Å². The van der Waals surface area contributed by atoms with Crippen LogP contribution in [0.2, 0.25) is 5.02 Å². The van der Waals surface area contributed by atoms with Crippen molar-refractivity contribution in [1.82, 2.24) is 19.6 Å². The third-order valence-corrected chi connectivity index (χ3v) is 4.53. The minimum Gasteiger partial charge on any atom is -0.470 e. The molecule has 0 spiro atoms. The number of ether oxygens (including phenoxy) is 1. The first-order chi connectivity index (χ1) is 14.2. The van der Waals surface area contributed by atoms with Crippen LogP contribution in [0.4, 0.5) is 5.69 Å². The topological polar surface area (TPSA) is 74.0 Å². The highest BCUT2D eigenvalue weighted by Crippen LogP contribution is 2.23. The number of carbonyl (C=O) groups excluding carboxylic acids is 1. The van der Waals surface area contributed by atoms with Crippen LogP contribution in [0.1, 0.15) is 16.1 Å². The third-order valence-electron chi connectivity index (χ3n) is 4.22. The van der Waals surface area contributed by atoms with E-state index in [1.54, 1.807) is 30.6 Å². The van der Waals surface area contributed by atoms with E-state index >= 15 is 0 Å². The van der Waals surface area contributed by atoms with Crippen molar-refractivity contribution in [3.63, 3.8) is 0 Å². The van der Waals surface area contributed by atoms with Crippen molar-refractivity contribution in [3.8, 4) is 5.75 Å². The van der Waals surface area contributed by atoms with Crippen LogP contribution in [0.15, 0.2) is 79.3 Å². The Hall–Kier alpha value is -3.58. The molecular formula is C21H18ClN5O2. The molecule has 0 unspecified atom stereocenters. The number of hydrogen-bond donors (Lipinski definition) is 1.